The van der Waals surface area contributed by atoms with Crippen molar-refractivity contribution in [3.8, 4) is 0 Å². The minimum atomic E-state index is -0.823. The predicted octanol–water partition coefficient (Wildman–Crippen LogP) is 0.213. The molecule has 0 bridgehead atoms. The SMILES string of the molecule is COCCC(C)NC(=O)N1CCCN(CC(=O)O)CC1. The number of aliphatic carboxylic acids is 1. The lowest BCUT2D eigenvalue weighted by Gasteiger charge is -2.24. The molecule has 7 nitrogen and oxygen atoms in total. The Morgan fingerprint density at radius 2 is 2.05 bits per heavy atom. The second-order valence-electron chi connectivity index (χ2n) is 5.14. The van der Waals surface area contributed by atoms with E-state index in [9.17, 15) is 9.59 Å². The molecule has 0 saturated carbocycles. The summed E-state index contributed by atoms with van der Waals surface area (Å²) in [6.07, 6.45) is 1.58. The van der Waals surface area contributed by atoms with E-state index in [1.165, 1.54) is 0 Å². The van der Waals surface area contributed by atoms with Crippen LogP contribution in [0.2, 0.25) is 0 Å². The molecule has 1 heterocycles. The van der Waals surface area contributed by atoms with E-state index < -0.39 is 5.97 Å². The van der Waals surface area contributed by atoms with Gasteiger partial charge in [-0.05, 0) is 19.8 Å². The maximum absolute atomic E-state index is 12.1. The topological polar surface area (TPSA) is 82.1 Å². The molecule has 0 aliphatic carbocycles. The molecule has 0 aromatic heterocycles. The third-order valence-corrected chi connectivity index (χ3v) is 3.36. The van der Waals surface area contributed by atoms with Gasteiger partial charge >= 0.3 is 12.0 Å². The zero-order valence-corrected chi connectivity index (χ0v) is 12.3. The smallest absolute Gasteiger partial charge is 0.317 e. The summed E-state index contributed by atoms with van der Waals surface area (Å²) in [6.45, 7) is 5.16. The summed E-state index contributed by atoms with van der Waals surface area (Å²) in [5, 5.41) is 11.7. The van der Waals surface area contributed by atoms with Crippen molar-refractivity contribution in [1.82, 2.24) is 15.1 Å². The Morgan fingerprint density at radius 3 is 2.70 bits per heavy atom. The normalized spacial score (nSPS) is 18.4. The summed E-state index contributed by atoms with van der Waals surface area (Å²) >= 11 is 0. The van der Waals surface area contributed by atoms with E-state index in [4.69, 9.17) is 9.84 Å². The highest BCUT2D eigenvalue weighted by Gasteiger charge is 2.21. The Bertz CT molecular complexity index is 325. The van der Waals surface area contributed by atoms with Gasteiger partial charge in [-0.15, -0.1) is 0 Å². The first-order chi connectivity index (χ1) is 9.52. The molecule has 116 valence electrons. The number of urea groups is 1. The fourth-order valence-corrected chi connectivity index (χ4v) is 2.19. The first kappa shape index (κ1) is 16.7. The summed E-state index contributed by atoms with van der Waals surface area (Å²) in [7, 11) is 1.64. The largest absolute Gasteiger partial charge is 0.480 e. The van der Waals surface area contributed by atoms with Gasteiger partial charge in [0.05, 0.1) is 6.54 Å². The molecule has 0 radical (unpaired) electrons. The van der Waals surface area contributed by atoms with Crippen molar-refractivity contribution < 1.29 is 19.4 Å². The molecule has 1 atom stereocenters. The van der Waals surface area contributed by atoms with Crippen LogP contribution < -0.4 is 5.32 Å². The van der Waals surface area contributed by atoms with Crippen molar-refractivity contribution in [3.63, 3.8) is 0 Å². The van der Waals surface area contributed by atoms with E-state index in [-0.39, 0.29) is 18.6 Å². The van der Waals surface area contributed by atoms with Gasteiger partial charge in [-0.2, -0.15) is 0 Å². The number of carbonyl (C=O) groups excluding carboxylic acids is 1. The van der Waals surface area contributed by atoms with Crippen LogP contribution in [-0.2, 0) is 9.53 Å². The Labute approximate surface area is 119 Å². The summed E-state index contributed by atoms with van der Waals surface area (Å²) in [5.74, 6) is -0.823. The van der Waals surface area contributed by atoms with Crippen LogP contribution in [-0.4, -0.2) is 79.4 Å². The average Bonchev–Trinajstić information content (AvgIpc) is 2.61. The van der Waals surface area contributed by atoms with Gasteiger partial charge in [0.2, 0.25) is 0 Å². The maximum atomic E-state index is 12.1. The van der Waals surface area contributed by atoms with E-state index in [1.807, 2.05) is 11.8 Å². The summed E-state index contributed by atoms with van der Waals surface area (Å²) < 4.78 is 4.98. The number of methoxy groups -OCH3 is 1. The lowest BCUT2D eigenvalue weighted by Crippen LogP contribution is -2.45. The zero-order valence-electron chi connectivity index (χ0n) is 12.3. The van der Waals surface area contributed by atoms with Gasteiger partial charge in [0.15, 0.2) is 0 Å². The first-order valence-corrected chi connectivity index (χ1v) is 7.01. The van der Waals surface area contributed by atoms with Gasteiger partial charge in [0.1, 0.15) is 0 Å². The first-order valence-electron chi connectivity index (χ1n) is 7.01. The Morgan fingerprint density at radius 1 is 1.30 bits per heavy atom. The zero-order chi connectivity index (χ0) is 15.0. The lowest BCUT2D eigenvalue weighted by atomic mass is 10.2. The van der Waals surface area contributed by atoms with Gasteiger partial charge in [-0.3, -0.25) is 9.69 Å². The number of ether oxygens (including phenoxy) is 1. The molecule has 0 aromatic rings. The Hall–Kier alpha value is -1.34. The lowest BCUT2D eigenvalue weighted by molar-refractivity contribution is -0.138. The number of nitrogens with zero attached hydrogens (tertiary/aromatic N) is 2. The molecule has 1 fully saturated rings. The minimum Gasteiger partial charge on any atom is -0.480 e. The highest BCUT2D eigenvalue weighted by molar-refractivity contribution is 5.74. The second-order valence-corrected chi connectivity index (χ2v) is 5.14. The number of nitrogens with one attached hydrogen (secondary N) is 1. The maximum Gasteiger partial charge on any atom is 0.317 e. The van der Waals surface area contributed by atoms with E-state index in [2.05, 4.69) is 5.32 Å². The van der Waals surface area contributed by atoms with Crippen LogP contribution in [0.1, 0.15) is 19.8 Å². The highest BCUT2D eigenvalue weighted by atomic mass is 16.5. The Balaban J connectivity index is 2.36. The van der Waals surface area contributed by atoms with Crippen molar-refractivity contribution >= 4 is 12.0 Å². The quantitative estimate of drug-likeness (QED) is 0.730. The number of carboxylic acid groups (broad SMARTS) is 1. The van der Waals surface area contributed by atoms with Gasteiger partial charge in [-0.25, -0.2) is 4.79 Å². The highest BCUT2D eigenvalue weighted by Crippen LogP contribution is 2.04. The number of rotatable bonds is 6. The Kier molecular flexibility index (Phi) is 7.32. The molecule has 1 saturated heterocycles. The van der Waals surface area contributed by atoms with E-state index in [0.29, 0.717) is 26.2 Å². The van der Waals surface area contributed by atoms with Gasteiger partial charge in [-0.1, -0.05) is 0 Å². The number of hydrogen-bond acceptors (Lipinski definition) is 4. The fourth-order valence-electron chi connectivity index (χ4n) is 2.19. The molecular formula is C13H25N3O4. The molecule has 0 spiro atoms. The number of amides is 2. The molecule has 2 amide bonds. The van der Waals surface area contributed by atoms with E-state index in [0.717, 1.165) is 19.4 Å². The molecule has 2 N–H and O–H groups in total. The summed E-state index contributed by atoms with van der Waals surface area (Å²) in [5.41, 5.74) is 0. The van der Waals surface area contributed by atoms with Gasteiger partial charge in [0.25, 0.3) is 0 Å². The average molecular weight is 287 g/mol. The number of carbonyl (C=O) groups is 2. The van der Waals surface area contributed by atoms with E-state index in [1.54, 1.807) is 12.0 Å². The van der Waals surface area contributed by atoms with E-state index >= 15 is 0 Å². The van der Waals surface area contributed by atoms with Crippen LogP contribution in [0, 0.1) is 0 Å². The van der Waals surface area contributed by atoms with Crippen LogP contribution in [0.25, 0.3) is 0 Å². The van der Waals surface area contributed by atoms with Gasteiger partial charge in [0, 0.05) is 45.9 Å². The predicted molar refractivity (Wildman–Crippen MR) is 74.8 cm³/mol. The summed E-state index contributed by atoms with van der Waals surface area (Å²) in [6, 6.07) is -0.00777. The number of carboxylic acids is 1. The second kappa shape index (κ2) is 8.76. The van der Waals surface area contributed by atoms with Crippen LogP contribution in [0.3, 0.4) is 0 Å². The molecule has 1 aliphatic heterocycles. The van der Waals surface area contributed by atoms with Crippen LogP contribution in [0.5, 0.6) is 0 Å². The molecule has 1 unspecified atom stereocenters. The third kappa shape index (κ3) is 6.21. The fraction of sp³-hybridized carbons (Fsp3) is 0.846. The molecule has 0 aromatic carbocycles. The molecule has 1 rings (SSSR count). The number of hydrogen-bond donors (Lipinski definition) is 2. The molecular weight excluding hydrogens is 262 g/mol. The monoisotopic (exact) mass is 287 g/mol. The van der Waals surface area contributed by atoms with Crippen molar-refractivity contribution in [2.45, 2.75) is 25.8 Å². The molecule has 20 heavy (non-hydrogen) atoms. The van der Waals surface area contributed by atoms with Crippen molar-refractivity contribution in [2.75, 3.05) is 46.4 Å². The minimum absolute atomic E-state index is 0.0414. The molecule has 1 aliphatic rings. The van der Waals surface area contributed by atoms with Gasteiger partial charge < -0.3 is 20.1 Å². The standard InChI is InChI=1S/C13H25N3O4/c1-11(4-9-20-2)14-13(19)16-6-3-5-15(7-8-16)10-12(17)18/h11H,3-10H2,1-2H3,(H,14,19)(H,17,18). The van der Waals surface area contributed by atoms with Crippen LogP contribution in [0.4, 0.5) is 4.79 Å². The van der Waals surface area contributed by atoms with Crippen molar-refractivity contribution in [2.24, 2.45) is 0 Å². The van der Waals surface area contributed by atoms with Crippen LogP contribution >= 0.6 is 0 Å². The molecule has 7 heteroatoms. The van der Waals surface area contributed by atoms with Crippen molar-refractivity contribution in [1.29, 1.82) is 0 Å². The van der Waals surface area contributed by atoms with Crippen LogP contribution in [0.15, 0.2) is 0 Å². The third-order valence-electron chi connectivity index (χ3n) is 3.36. The summed E-state index contributed by atoms with van der Waals surface area (Å²) in [4.78, 5) is 26.4. The van der Waals surface area contributed by atoms with Crippen molar-refractivity contribution in [3.05, 3.63) is 0 Å².